The summed E-state index contributed by atoms with van der Waals surface area (Å²) in [5, 5.41) is 0. The van der Waals surface area contributed by atoms with Crippen molar-refractivity contribution in [1.29, 1.82) is 0 Å². The lowest BCUT2D eigenvalue weighted by atomic mass is 10.3. The van der Waals surface area contributed by atoms with Crippen molar-refractivity contribution in [3.8, 4) is 5.95 Å². The Morgan fingerprint density at radius 3 is 2.37 bits per heavy atom. The fourth-order valence-electron chi connectivity index (χ4n) is 3.55. The fourth-order valence-corrected chi connectivity index (χ4v) is 4.45. The molecule has 5 rings (SSSR count). The van der Waals surface area contributed by atoms with E-state index in [1.165, 1.54) is 0 Å². The highest BCUT2D eigenvalue weighted by atomic mass is 32.2. The van der Waals surface area contributed by atoms with Crippen LogP contribution in [0.15, 0.2) is 36.7 Å². The zero-order chi connectivity index (χ0) is 18.1. The van der Waals surface area contributed by atoms with E-state index in [0.29, 0.717) is 5.95 Å². The Morgan fingerprint density at radius 2 is 1.59 bits per heavy atom. The highest BCUT2D eigenvalue weighted by molar-refractivity contribution is 7.99. The third-order valence-corrected chi connectivity index (χ3v) is 5.97. The topological polar surface area (TPSA) is 59.3 Å². The molecule has 0 atom stereocenters. The first-order valence-electron chi connectivity index (χ1n) is 9.35. The van der Waals surface area contributed by atoms with Gasteiger partial charge in [-0.1, -0.05) is 12.1 Å². The number of aromatic nitrogens is 4. The van der Waals surface area contributed by atoms with Crippen molar-refractivity contribution in [1.82, 2.24) is 19.5 Å². The molecule has 2 aromatic heterocycles. The summed E-state index contributed by atoms with van der Waals surface area (Å²) in [6, 6.07) is 10.2. The average molecular weight is 382 g/mol. The van der Waals surface area contributed by atoms with E-state index in [-0.39, 0.29) is 0 Å². The van der Waals surface area contributed by atoms with Crippen molar-refractivity contribution in [2.75, 3.05) is 60.7 Å². The van der Waals surface area contributed by atoms with Crippen LogP contribution in [-0.4, -0.2) is 70.4 Å². The first-order chi connectivity index (χ1) is 13.4. The Morgan fingerprint density at radius 1 is 0.889 bits per heavy atom. The van der Waals surface area contributed by atoms with E-state index < -0.39 is 0 Å². The van der Waals surface area contributed by atoms with Crippen LogP contribution in [0.1, 0.15) is 0 Å². The zero-order valence-corrected chi connectivity index (χ0v) is 15.9. The largest absolute Gasteiger partial charge is 0.378 e. The number of imidazole rings is 1. The predicted molar refractivity (Wildman–Crippen MR) is 109 cm³/mol. The molecule has 0 N–H and O–H groups in total. The monoisotopic (exact) mass is 382 g/mol. The molecule has 8 heteroatoms. The van der Waals surface area contributed by atoms with E-state index in [4.69, 9.17) is 14.7 Å². The molecule has 2 saturated heterocycles. The van der Waals surface area contributed by atoms with E-state index in [9.17, 15) is 0 Å². The van der Waals surface area contributed by atoms with Crippen LogP contribution in [0.4, 0.5) is 11.6 Å². The number of para-hydroxylation sites is 2. The van der Waals surface area contributed by atoms with Crippen LogP contribution in [0.2, 0.25) is 0 Å². The highest BCUT2D eigenvalue weighted by Crippen LogP contribution is 2.25. The van der Waals surface area contributed by atoms with Gasteiger partial charge in [-0.2, -0.15) is 21.7 Å². The van der Waals surface area contributed by atoms with Crippen molar-refractivity contribution in [3.63, 3.8) is 0 Å². The van der Waals surface area contributed by atoms with Crippen LogP contribution < -0.4 is 9.80 Å². The van der Waals surface area contributed by atoms with Crippen LogP contribution in [0.3, 0.4) is 0 Å². The van der Waals surface area contributed by atoms with Crippen LogP contribution in [0, 0.1) is 0 Å². The van der Waals surface area contributed by atoms with Gasteiger partial charge >= 0.3 is 0 Å². The maximum absolute atomic E-state index is 5.51. The number of fused-ring (bicyclic) bond motifs is 1. The molecule has 3 aromatic rings. The summed E-state index contributed by atoms with van der Waals surface area (Å²) < 4.78 is 7.50. The molecule has 0 spiro atoms. The average Bonchev–Trinajstić information content (AvgIpc) is 3.19. The molecule has 27 heavy (non-hydrogen) atoms. The minimum absolute atomic E-state index is 0.681. The summed E-state index contributed by atoms with van der Waals surface area (Å²) in [6.07, 6.45) is 1.82. The molecule has 0 unspecified atom stereocenters. The molecular weight excluding hydrogens is 360 g/mol. The Bertz CT molecular complexity index is 897. The number of thioether (sulfide) groups is 1. The molecule has 0 saturated carbocycles. The number of benzene rings is 1. The zero-order valence-electron chi connectivity index (χ0n) is 15.1. The maximum Gasteiger partial charge on any atom is 0.239 e. The highest BCUT2D eigenvalue weighted by Gasteiger charge is 2.20. The van der Waals surface area contributed by atoms with Gasteiger partial charge in [0, 0.05) is 43.8 Å². The van der Waals surface area contributed by atoms with Crippen molar-refractivity contribution in [2.45, 2.75) is 0 Å². The van der Waals surface area contributed by atoms with Gasteiger partial charge in [0.2, 0.25) is 5.95 Å². The number of nitrogens with zero attached hydrogens (tertiary/aromatic N) is 6. The maximum atomic E-state index is 5.51. The van der Waals surface area contributed by atoms with Crippen LogP contribution in [0.25, 0.3) is 17.0 Å². The summed E-state index contributed by atoms with van der Waals surface area (Å²) in [6.45, 7) is 5.24. The first kappa shape index (κ1) is 16.8. The third kappa shape index (κ3) is 3.35. The molecule has 7 nitrogen and oxygen atoms in total. The second-order valence-corrected chi connectivity index (χ2v) is 7.91. The van der Waals surface area contributed by atoms with E-state index in [2.05, 4.69) is 26.9 Å². The molecule has 0 aliphatic carbocycles. The molecule has 0 bridgehead atoms. The molecule has 4 heterocycles. The minimum Gasteiger partial charge on any atom is -0.378 e. The number of morpholine rings is 1. The lowest BCUT2D eigenvalue weighted by Crippen LogP contribution is -2.38. The molecular formula is C19H22N6OS. The van der Waals surface area contributed by atoms with Gasteiger partial charge in [-0.15, -0.1) is 0 Å². The van der Waals surface area contributed by atoms with Gasteiger partial charge < -0.3 is 14.5 Å². The van der Waals surface area contributed by atoms with Gasteiger partial charge in [-0.05, 0) is 12.1 Å². The number of anilines is 2. The molecule has 2 aliphatic heterocycles. The second-order valence-electron chi connectivity index (χ2n) is 6.69. The number of rotatable bonds is 3. The fraction of sp³-hybridized carbons (Fsp3) is 0.421. The third-order valence-electron chi connectivity index (χ3n) is 5.03. The summed E-state index contributed by atoms with van der Waals surface area (Å²) in [5.41, 5.74) is 1.98. The number of hydrogen-bond donors (Lipinski definition) is 0. The lowest BCUT2D eigenvalue weighted by molar-refractivity contribution is 0.122. The van der Waals surface area contributed by atoms with Gasteiger partial charge in [-0.3, -0.25) is 4.57 Å². The Labute approximate surface area is 162 Å². The standard InChI is InChI=1S/C19H22N6OS/c1-2-4-16-15(3-1)20-14-25(16)19-21-17(23-5-9-26-10-6-23)13-18(22-19)24-7-11-27-12-8-24/h1-4,13-14H,5-12H2. The quantitative estimate of drug-likeness (QED) is 0.688. The summed E-state index contributed by atoms with van der Waals surface area (Å²) >= 11 is 2.00. The van der Waals surface area contributed by atoms with E-state index in [0.717, 1.165) is 73.6 Å². The second kappa shape index (κ2) is 7.36. The molecule has 2 fully saturated rings. The summed E-state index contributed by atoms with van der Waals surface area (Å²) in [7, 11) is 0. The number of hydrogen-bond acceptors (Lipinski definition) is 7. The van der Waals surface area contributed by atoms with E-state index in [1.807, 2.05) is 40.9 Å². The van der Waals surface area contributed by atoms with E-state index >= 15 is 0 Å². The summed E-state index contributed by atoms with van der Waals surface area (Å²) in [4.78, 5) is 19.0. The van der Waals surface area contributed by atoms with Crippen molar-refractivity contribution in [3.05, 3.63) is 36.7 Å². The van der Waals surface area contributed by atoms with Gasteiger partial charge in [0.15, 0.2) is 0 Å². The van der Waals surface area contributed by atoms with E-state index in [1.54, 1.807) is 0 Å². The SMILES string of the molecule is c1ccc2c(c1)ncn2-c1nc(N2CCOCC2)cc(N2CCSCC2)n1. The van der Waals surface area contributed by atoms with Crippen LogP contribution in [-0.2, 0) is 4.74 Å². The van der Waals surface area contributed by atoms with Crippen molar-refractivity contribution < 1.29 is 4.74 Å². The van der Waals surface area contributed by atoms with Gasteiger partial charge in [0.05, 0.1) is 24.2 Å². The normalized spacial score (nSPS) is 18.2. The van der Waals surface area contributed by atoms with Gasteiger partial charge in [-0.25, -0.2) is 4.98 Å². The first-order valence-corrected chi connectivity index (χ1v) is 10.5. The molecule has 0 amide bonds. The van der Waals surface area contributed by atoms with Crippen molar-refractivity contribution in [2.24, 2.45) is 0 Å². The number of ether oxygens (including phenoxy) is 1. The van der Waals surface area contributed by atoms with Crippen LogP contribution in [0.5, 0.6) is 0 Å². The Balaban J connectivity index is 1.60. The molecule has 2 aliphatic rings. The molecule has 1 aromatic carbocycles. The van der Waals surface area contributed by atoms with Crippen molar-refractivity contribution >= 4 is 34.4 Å². The Hall–Kier alpha value is -2.32. The van der Waals surface area contributed by atoms with Crippen LogP contribution >= 0.6 is 11.8 Å². The summed E-state index contributed by atoms with van der Waals surface area (Å²) in [5.74, 6) is 4.93. The molecule has 0 radical (unpaired) electrons. The van der Waals surface area contributed by atoms with Gasteiger partial charge in [0.1, 0.15) is 18.0 Å². The Kier molecular flexibility index (Phi) is 4.59. The van der Waals surface area contributed by atoms with Gasteiger partial charge in [0.25, 0.3) is 0 Å². The molecule has 140 valence electrons. The lowest BCUT2D eigenvalue weighted by Gasteiger charge is -2.31. The predicted octanol–water partition coefficient (Wildman–Crippen LogP) is 2.21. The smallest absolute Gasteiger partial charge is 0.239 e. The minimum atomic E-state index is 0.681.